The fraction of sp³-hybridized carbons (Fsp3) is 0.500. The summed E-state index contributed by atoms with van der Waals surface area (Å²) < 4.78 is 0. The van der Waals surface area contributed by atoms with E-state index in [1.807, 2.05) is 48.5 Å². The summed E-state index contributed by atoms with van der Waals surface area (Å²) in [7, 11) is 0. The molecular formula is C48H58N2O4. The molecule has 7 rings (SSSR count). The van der Waals surface area contributed by atoms with Crippen LogP contribution in [0.25, 0.3) is 43.1 Å². The lowest BCUT2D eigenvalue weighted by Gasteiger charge is -2.30. The predicted octanol–water partition coefficient (Wildman–Crippen LogP) is 12.8. The van der Waals surface area contributed by atoms with Crippen molar-refractivity contribution in [1.82, 2.24) is 9.80 Å². The quantitative estimate of drug-likeness (QED) is 0.0308. The van der Waals surface area contributed by atoms with E-state index in [9.17, 15) is 19.2 Å². The van der Waals surface area contributed by atoms with Crippen molar-refractivity contribution in [2.45, 2.75) is 142 Å². The molecule has 2 heterocycles. The molecule has 0 fully saturated rings. The van der Waals surface area contributed by atoms with Crippen molar-refractivity contribution in [2.24, 2.45) is 0 Å². The number of benzene rings is 5. The maximum Gasteiger partial charge on any atom is 0.261 e. The molecule has 2 aliphatic heterocycles. The minimum Gasteiger partial charge on any atom is -0.274 e. The summed E-state index contributed by atoms with van der Waals surface area (Å²) in [6, 6.07) is 15.5. The molecule has 5 aromatic carbocycles. The van der Waals surface area contributed by atoms with Crippen molar-refractivity contribution in [3.05, 3.63) is 70.8 Å². The van der Waals surface area contributed by atoms with Crippen LogP contribution in [-0.4, -0.2) is 46.5 Å². The van der Waals surface area contributed by atoms with Gasteiger partial charge in [-0.3, -0.25) is 29.0 Å². The minimum absolute atomic E-state index is 0.220. The number of carbonyl (C=O) groups is 4. The Morgan fingerprint density at radius 1 is 0.315 bits per heavy atom. The molecule has 0 aromatic heterocycles. The average Bonchev–Trinajstić information content (AvgIpc) is 3.19. The van der Waals surface area contributed by atoms with Crippen molar-refractivity contribution in [3.63, 3.8) is 0 Å². The molecule has 4 amide bonds. The summed E-state index contributed by atoms with van der Waals surface area (Å²) in [6.07, 6.45) is 23.9. The molecular weight excluding hydrogens is 669 g/mol. The zero-order valence-electron chi connectivity index (χ0n) is 32.7. The number of rotatable bonds is 22. The van der Waals surface area contributed by atoms with E-state index in [0.717, 1.165) is 70.8 Å². The van der Waals surface area contributed by atoms with Crippen molar-refractivity contribution >= 4 is 66.7 Å². The Hall–Kier alpha value is -4.32. The fourth-order valence-electron chi connectivity index (χ4n) is 9.29. The number of hydrogen-bond acceptors (Lipinski definition) is 4. The minimum atomic E-state index is -0.220. The van der Waals surface area contributed by atoms with E-state index in [1.54, 1.807) is 0 Å². The molecule has 5 aromatic rings. The molecule has 0 saturated heterocycles. The van der Waals surface area contributed by atoms with Gasteiger partial charge in [0.2, 0.25) is 0 Å². The van der Waals surface area contributed by atoms with E-state index in [0.29, 0.717) is 46.1 Å². The van der Waals surface area contributed by atoms with Crippen LogP contribution in [0.1, 0.15) is 184 Å². The highest BCUT2D eigenvalue weighted by Gasteiger charge is 2.36. The summed E-state index contributed by atoms with van der Waals surface area (Å²) in [5.41, 5.74) is 2.28. The second-order valence-electron chi connectivity index (χ2n) is 16.0. The predicted molar refractivity (Wildman–Crippen MR) is 222 cm³/mol. The first-order valence-electron chi connectivity index (χ1n) is 21.4. The largest absolute Gasteiger partial charge is 0.274 e. The number of fused-ring (bicyclic) bond motifs is 2. The van der Waals surface area contributed by atoms with Crippen molar-refractivity contribution < 1.29 is 19.2 Å². The average molecular weight is 727 g/mol. The van der Waals surface area contributed by atoms with Crippen LogP contribution in [-0.2, 0) is 0 Å². The van der Waals surface area contributed by atoms with Gasteiger partial charge in [0.05, 0.1) is 0 Å². The Bertz CT molecular complexity index is 1890. The Morgan fingerprint density at radius 3 is 0.815 bits per heavy atom. The van der Waals surface area contributed by atoms with E-state index in [4.69, 9.17) is 0 Å². The van der Waals surface area contributed by atoms with Crippen molar-refractivity contribution in [2.75, 3.05) is 13.1 Å². The smallest absolute Gasteiger partial charge is 0.261 e. The number of unbranched alkanes of at least 4 members (excludes halogenated alkanes) is 18. The van der Waals surface area contributed by atoms with Crippen LogP contribution in [0.15, 0.2) is 48.5 Å². The first-order chi connectivity index (χ1) is 26.5. The first-order valence-corrected chi connectivity index (χ1v) is 21.4. The van der Waals surface area contributed by atoms with Gasteiger partial charge < -0.3 is 0 Å². The lowest BCUT2D eigenvalue weighted by Crippen LogP contribution is -2.41. The highest BCUT2D eigenvalue weighted by molar-refractivity contribution is 6.41. The summed E-state index contributed by atoms with van der Waals surface area (Å²) >= 11 is 0. The number of carbonyl (C=O) groups excluding carboxylic acids is 4. The highest BCUT2D eigenvalue weighted by atomic mass is 16.2. The van der Waals surface area contributed by atoms with Crippen molar-refractivity contribution in [1.29, 1.82) is 0 Å². The van der Waals surface area contributed by atoms with Gasteiger partial charge in [-0.05, 0) is 69.4 Å². The van der Waals surface area contributed by atoms with Crippen molar-refractivity contribution in [3.8, 4) is 0 Å². The molecule has 54 heavy (non-hydrogen) atoms. The van der Waals surface area contributed by atoms with E-state index in [1.165, 1.54) is 99.7 Å². The van der Waals surface area contributed by atoms with E-state index in [2.05, 4.69) is 13.8 Å². The van der Waals surface area contributed by atoms with Crippen LogP contribution in [0.3, 0.4) is 0 Å². The monoisotopic (exact) mass is 726 g/mol. The standard InChI is InChI=1S/C48H58N2O4/c1-3-5-7-9-11-13-15-17-19-21-31-49-45(51)37-27-23-33-35-25-29-39-44-40(30-26-36(42(35)44)34-24-28-38(46(49)52)43(37)41(33)34)48(54)50(47(39)53)32-22-20-18-16-14-12-10-8-6-4-2/h23-30H,3-22,31-32H2,1-2H3. The van der Waals surface area contributed by atoms with Crippen LogP contribution >= 0.6 is 0 Å². The zero-order valence-corrected chi connectivity index (χ0v) is 32.7. The molecule has 0 aliphatic carbocycles. The first kappa shape index (κ1) is 38.0. The molecule has 6 heteroatoms. The third-order valence-electron chi connectivity index (χ3n) is 12.3. The van der Waals surface area contributed by atoms with E-state index >= 15 is 0 Å². The lowest BCUT2D eigenvalue weighted by atomic mass is 9.82. The Labute approximate surface area is 321 Å². The van der Waals surface area contributed by atoms with Gasteiger partial charge in [0, 0.05) is 46.1 Å². The van der Waals surface area contributed by atoms with Gasteiger partial charge in [-0.2, -0.15) is 0 Å². The molecule has 0 saturated carbocycles. The molecule has 284 valence electrons. The zero-order chi connectivity index (χ0) is 37.6. The maximum atomic E-state index is 13.9. The molecule has 6 nitrogen and oxygen atoms in total. The van der Waals surface area contributed by atoms with Crippen LogP contribution in [0.5, 0.6) is 0 Å². The van der Waals surface area contributed by atoms with Gasteiger partial charge in [0.15, 0.2) is 0 Å². The summed E-state index contributed by atoms with van der Waals surface area (Å²) in [5, 5.41) is 6.95. The normalized spacial score (nSPS) is 14.3. The number of nitrogens with zero attached hydrogens (tertiary/aromatic N) is 2. The molecule has 0 unspecified atom stereocenters. The van der Waals surface area contributed by atoms with Crippen LogP contribution in [0, 0.1) is 0 Å². The van der Waals surface area contributed by atoms with Crippen LogP contribution in [0.4, 0.5) is 0 Å². The fourth-order valence-corrected chi connectivity index (χ4v) is 9.29. The molecule has 2 aliphatic rings. The van der Waals surface area contributed by atoms with Gasteiger partial charge in [0.1, 0.15) is 0 Å². The Balaban J connectivity index is 1.08. The SMILES string of the molecule is CCCCCCCCCCCCN1C(=O)c2ccc3c4ccc5c6c(ccc(c7ccc(c2c37)C1=O)c64)C(=O)N(CCCCCCCCCCCC)C5=O. The molecule has 0 bridgehead atoms. The Kier molecular flexibility index (Phi) is 12.3. The Morgan fingerprint density at radius 2 is 0.556 bits per heavy atom. The number of amides is 4. The number of imide groups is 2. The summed E-state index contributed by atoms with van der Waals surface area (Å²) in [4.78, 5) is 58.6. The number of hydrogen-bond donors (Lipinski definition) is 0. The van der Waals surface area contributed by atoms with Gasteiger partial charge in [-0.1, -0.05) is 154 Å². The second kappa shape index (κ2) is 17.4. The summed E-state index contributed by atoms with van der Waals surface area (Å²) in [6.45, 7) is 5.36. The topological polar surface area (TPSA) is 74.8 Å². The second-order valence-corrected chi connectivity index (χ2v) is 16.0. The molecule has 0 radical (unpaired) electrons. The maximum absolute atomic E-state index is 13.9. The van der Waals surface area contributed by atoms with Gasteiger partial charge >= 0.3 is 0 Å². The van der Waals surface area contributed by atoms with Gasteiger partial charge in [0.25, 0.3) is 23.6 Å². The third-order valence-corrected chi connectivity index (χ3v) is 12.3. The van der Waals surface area contributed by atoms with E-state index in [-0.39, 0.29) is 23.6 Å². The van der Waals surface area contributed by atoms with Crippen LogP contribution < -0.4 is 0 Å². The summed E-state index contributed by atoms with van der Waals surface area (Å²) in [5.74, 6) is -0.882. The van der Waals surface area contributed by atoms with E-state index < -0.39 is 0 Å². The molecule has 0 atom stereocenters. The highest BCUT2D eigenvalue weighted by Crippen LogP contribution is 2.46. The third kappa shape index (κ3) is 7.25. The van der Waals surface area contributed by atoms with Crippen LogP contribution in [0.2, 0.25) is 0 Å². The molecule has 0 spiro atoms. The van der Waals surface area contributed by atoms with Gasteiger partial charge in [-0.15, -0.1) is 0 Å². The molecule has 0 N–H and O–H groups in total. The van der Waals surface area contributed by atoms with Gasteiger partial charge in [-0.25, -0.2) is 0 Å². The lowest BCUT2D eigenvalue weighted by molar-refractivity contribution is 0.0592.